The summed E-state index contributed by atoms with van der Waals surface area (Å²) >= 11 is 0. The summed E-state index contributed by atoms with van der Waals surface area (Å²) in [5.41, 5.74) is 0.598. The van der Waals surface area contributed by atoms with Crippen LogP contribution in [0.1, 0.15) is 28.9 Å². The lowest BCUT2D eigenvalue weighted by atomic mass is 10.1. The van der Waals surface area contributed by atoms with Gasteiger partial charge in [-0.25, -0.2) is 0 Å². The van der Waals surface area contributed by atoms with Crippen LogP contribution in [0.3, 0.4) is 0 Å². The van der Waals surface area contributed by atoms with Crippen LogP contribution in [0.2, 0.25) is 0 Å². The Kier molecular flexibility index (Phi) is 4.95. The fraction of sp³-hybridized carbons (Fsp3) is 0.250. The molecule has 116 valence electrons. The van der Waals surface area contributed by atoms with Crippen molar-refractivity contribution in [2.45, 2.75) is 19.6 Å². The molecule has 0 aliphatic rings. The topological polar surface area (TPSA) is 91.6 Å². The molecule has 1 aromatic carbocycles. The highest BCUT2D eigenvalue weighted by atomic mass is 16.3. The predicted molar refractivity (Wildman–Crippen MR) is 81.8 cm³/mol. The second-order valence-corrected chi connectivity index (χ2v) is 4.86. The van der Waals surface area contributed by atoms with E-state index in [2.05, 4.69) is 5.32 Å². The van der Waals surface area contributed by atoms with Crippen molar-refractivity contribution < 1.29 is 15.0 Å². The van der Waals surface area contributed by atoms with E-state index in [9.17, 15) is 19.8 Å². The van der Waals surface area contributed by atoms with E-state index in [-0.39, 0.29) is 23.4 Å². The molecule has 22 heavy (non-hydrogen) atoms. The van der Waals surface area contributed by atoms with Crippen LogP contribution in [-0.4, -0.2) is 27.2 Å². The fourth-order valence-corrected chi connectivity index (χ4v) is 2.02. The fourth-order valence-electron chi connectivity index (χ4n) is 2.02. The van der Waals surface area contributed by atoms with Gasteiger partial charge in [0.25, 0.3) is 11.5 Å². The first kappa shape index (κ1) is 15.8. The van der Waals surface area contributed by atoms with Crippen molar-refractivity contribution in [1.29, 1.82) is 0 Å². The van der Waals surface area contributed by atoms with Crippen LogP contribution in [0.25, 0.3) is 0 Å². The van der Waals surface area contributed by atoms with E-state index in [0.29, 0.717) is 12.1 Å². The summed E-state index contributed by atoms with van der Waals surface area (Å²) in [6.45, 7) is 2.40. The molecule has 0 unspecified atom stereocenters. The molecule has 2 aromatic rings. The van der Waals surface area contributed by atoms with Crippen LogP contribution < -0.4 is 10.9 Å². The summed E-state index contributed by atoms with van der Waals surface area (Å²) in [6.07, 6.45) is 0.675. The number of hydrogen-bond donors (Lipinski definition) is 3. The number of pyridine rings is 1. The van der Waals surface area contributed by atoms with Gasteiger partial charge in [0, 0.05) is 30.9 Å². The summed E-state index contributed by atoms with van der Waals surface area (Å²) in [5.74, 6) is -0.311. The molecule has 1 atom stereocenters. The van der Waals surface area contributed by atoms with Crippen molar-refractivity contribution in [3.63, 3.8) is 0 Å². The maximum absolute atomic E-state index is 12.0. The average molecular weight is 302 g/mol. The number of phenols is 1. The minimum absolute atomic E-state index is 0.0144. The third-order valence-corrected chi connectivity index (χ3v) is 3.33. The summed E-state index contributed by atoms with van der Waals surface area (Å²) < 4.78 is 1.49. The summed E-state index contributed by atoms with van der Waals surface area (Å²) in [5, 5.41) is 21.7. The zero-order valence-corrected chi connectivity index (χ0v) is 12.2. The number of nitrogens with zero attached hydrogens (tertiary/aromatic N) is 1. The maximum atomic E-state index is 12.0. The maximum Gasteiger partial charge on any atom is 0.251 e. The second-order valence-electron chi connectivity index (χ2n) is 4.86. The molecular weight excluding hydrogens is 284 g/mol. The van der Waals surface area contributed by atoms with Crippen LogP contribution in [-0.2, 0) is 6.54 Å². The molecular formula is C16H18N2O4. The number of nitrogens with one attached hydrogen (secondary N) is 1. The summed E-state index contributed by atoms with van der Waals surface area (Å²) in [7, 11) is 0. The van der Waals surface area contributed by atoms with Crippen molar-refractivity contribution in [3.8, 4) is 5.75 Å². The largest absolute Gasteiger partial charge is 0.508 e. The highest BCUT2D eigenvalue weighted by molar-refractivity contribution is 5.93. The Hall–Kier alpha value is -2.60. The van der Waals surface area contributed by atoms with E-state index >= 15 is 0 Å². The molecule has 1 aromatic heterocycles. The lowest BCUT2D eigenvalue weighted by Gasteiger charge is -2.12. The molecule has 2 rings (SSSR count). The van der Waals surface area contributed by atoms with Gasteiger partial charge in [0.2, 0.25) is 0 Å². The van der Waals surface area contributed by atoms with Gasteiger partial charge in [-0.1, -0.05) is 12.1 Å². The van der Waals surface area contributed by atoms with E-state index in [4.69, 9.17) is 0 Å². The van der Waals surface area contributed by atoms with Crippen molar-refractivity contribution in [3.05, 3.63) is 64.1 Å². The van der Waals surface area contributed by atoms with Gasteiger partial charge in [-0.2, -0.15) is 0 Å². The number of carbonyl (C=O) groups excluding carboxylic acids is 1. The number of rotatable bonds is 5. The lowest BCUT2D eigenvalue weighted by molar-refractivity contribution is 0.0916. The molecule has 0 saturated carbocycles. The van der Waals surface area contributed by atoms with E-state index in [1.54, 1.807) is 24.4 Å². The molecule has 0 spiro atoms. The first-order valence-corrected chi connectivity index (χ1v) is 6.97. The number of aromatic hydroxyl groups is 1. The van der Waals surface area contributed by atoms with E-state index in [0.717, 1.165) is 0 Å². The monoisotopic (exact) mass is 302 g/mol. The van der Waals surface area contributed by atoms with Crippen molar-refractivity contribution >= 4 is 5.91 Å². The number of carbonyl (C=O) groups is 1. The highest BCUT2D eigenvalue weighted by Crippen LogP contribution is 2.16. The molecule has 6 heteroatoms. The van der Waals surface area contributed by atoms with Crippen molar-refractivity contribution in [1.82, 2.24) is 9.88 Å². The second kappa shape index (κ2) is 6.91. The number of aliphatic hydroxyl groups excluding tert-OH is 1. The number of aromatic nitrogens is 1. The van der Waals surface area contributed by atoms with Crippen LogP contribution in [0.4, 0.5) is 0 Å². The van der Waals surface area contributed by atoms with E-state index in [1.165, 1.54) is 22.8 Å². The van der Waals surface area contributed by atoms with Gasteiger partial charge < -0.3 is 20.1 Å². The minimum Gasteiger partial charge on any atom is -0.508 e. The molecule has 0 radical (unpaired) electrons. The number of phenolic OH excluding ortho intramolecular Hbond substituents is 1. The van der Waals surface area contributed by atoms with Gasteiger partial charge in [-0.3, -0.25) is 9.59 Å². The Labute approximate surface area is 127 Å². The normalized spacial score (nSPS) is 11.9. The van der Waals surface area contributed by atoms with Gasteiger partial charge in [0.05, 0.1) is 6.10 Å². The Morgan fingerprint density at radius 1 is 1.27 bits per heavy atom. The Bertz CT molecular complexity index is 707. The lowest BCUT2D eigenvalue weighted by Crippen LogP contribution is -2.30. The first-order chi connectivity index (χ1) is 10.5. The number of hydrogen-bond acceptors (Lipinski definition) is 4. The molecule has 3 N–H and O–H groups in total. The molecule has 1 amide bonds. The molecule has 0 aliphatic carbocycles. The average Bonchev–Trinajstić information content (AvgIpc) is 2.52. The van der Waals surface area contributed by atoms with Gasteiger partial charge in [-0.15, -0.1) is 0 Å². The Morgan fingerprint density at radius 2 is 1.95 bits per heavy atom. The zero-order chi connectivity index (χ0) is 16.1. The molecule has 6 nitrogen and oxygen atoms in total. The molecule has 0 fully saturated rings. The minimum atomic E-state index is -0.888. The third-order valence-electron chi connectivity index (χ3n) is 3.33. The quantitative estimate of drug-likeness (QED) is 0.769. The smallest absolute Gasteiger partial charge is 0.251 e. The van der Waals surface area contributed by atoms with Crippen LogP contribution in [0.5, 0.6) is 5.75 Å². The SMILES string of the molecule is CCn1ccc(C(=O)NC[C@H](O)c2ccc(O)cc2)cc1=O. The van der Waals surface area contributed by atoms with Crippen molar-refractivity contribution in [2.75, 3.05) is 6.54 Å². The van der Waals surface area contributed by atoms with Crippen LogP contribution in [0.15, 0.2) is 47.4 Å². The molecule has 0 bridgehead atoms. The Morgan fingerprint density at radius 3 is 2.55 bits per heavy atom. The van der Waals surface area contributed by atoms with Crippen LogP contribution >= 0.6 is 0 Å². The van der Waals surface area contributed by atoms with Crippen LogP contribution in [0, 0.1) is 0 Å². The first-order valence-electron chi connectivity index (χ1n) is 6.97. The summed E-state index contributed by atoms with van der Waals surface area (Å²) in [4.78, 5) is 23.7. The van der Waals surface area contributed by atoms with E-state index < -0.39 is 12.0 Å². The highest BCUT2D eigenvalue weighted by Gasteiger charge is 2.11. The number of aliphatic hydroxyl groups is 1. The van der Waals surface area contributed by atoms with Gasteiger partial charge in [-0.05, 0) is 30.7 Å². The van der Waals surface area contributed by atoms with Gasteiger partial charge >= 0.3 is 0 Å². The number of amides is 1. The molecule has 1 heterocycles. The predicted octanol–water partition coefficient (Wildman–Crippen LogP) is 1.04. The summed E-state index contributed by atoms with van der Waals surface area (Å²) in [6, 6.07) is 8.91. The van der Waals surface area contributed by atoms with E-state index in [1.807, 2.05) is 6.92 Å². The number of benzene rings is 1. The standard InChI is InChI=1S/C16H18N2O4/c1-2-18-8-7-12(9-15(18)21)16(22)17-10-14(20)11-3-5-13(19)6-4-11/h3-9,14,19-20H,2,10H2,1H3,(H,17,22)/t14-/m0/s1. The van der Waals surface area contributed by atoms with Crippen molar-refractivity contribution in [2.24, 2.45) is 0 Å². The Balaban J connectivity index is 1.99. The molecule has 0 saturated heterocycles. The number of aryl methyl sites for hydroxylation is 1. The van der Waals surface area contributed by atoms with Gasteiger partial charge in [0.1, 0.15) is 5.75 Å². The zero-order valence-electron chi connectivity index (χ0n) is 12.2. The third kappa shape index (κ3) is 3.73. The molecule has 0 aliphatic heterocycles. The van der Waals surface area contributed by atoms with Gasteiger partial charge in [0.15, 0.2) is 0 Å².